The van der Waals surface area contributed by atoms with E-state index in [1.165, 1.54) is 26.4 Å². The molecule has 0 fully saturated rings. The predicted octanol–water partition coefficient (Wildman–Crippen LogP) is 4.31. The van der Waals surface area contributed by atoms with Gasteiger partial charge in [-0.1, -0.05) is 6.07 Å². The van der Waals surface area contributed by atoms with Crippen molar-refractivity contribution in [3.63, 3.8) is 0 Å². The zero-order valence-corrected chi connectivity index (χ0v) is 11.7. The molecule has 0 saturated heterocycles. The number of ether oxygens (including phenoxy) is 2. The van der Waals surface area contributed by atoms with E-state index in [1.54, 1.807) is 18.2 Å². The summed E-state index contributed by atoms with van der Waals surface area (Å²) in [5.41, 5.74) is 0.735. The molecule has 0 aromatic heterocycles. The maximum atomic E-state index is 13.8. The molecule has 0 aliphatic carbocycles. The zero-order valence-electron chi connectivity index (χ0n) is 11.0. The molecule has 0 bridgehead atoms. The van der Waals surface area contributed by atoms with Crippen LogP contribution in [0.5, 0.6) is 11.5 Å². The van der Waals surface area contributed by atoms with Gasteiger partial charge in [0.1, 0.15) is 23.1 Å². The second kappa shape index (κ2) is 6.09. The lowest BCUT2D eigenvalue weighted by atomic mass is 10.0. The van der Waals surface area contributed by atoms with Crippen LogP contribution in [0.1, 0.15) is 16.5 Å². The van der Waals surface area contributed by atoms with Crippen LogP contribution in [-0.2, 0) is 0 Å². The van der Waals surface area contributed by atoms with Crippen LogP contribution in [0.25, 0.3) is 0 Å². The Morgan fingerprint density at radius 2 is 1.70 bits per heavy atom. The molecular weight excluding hydrogens is 286 g/mol. The molecule has 0 aliphatic heterocycles. The lowest BCUT2D eigenvalue weighted by molar-refractivity contribution is 0.399. The molecule has 2 nitrogen and oxygen atoms in total. The van der Waals surface area contributed by atoms with Crippen LogP contribution in [-0.4, -0.2) is 14.2 Å². The summed E-state index contributed by atoms with van der Waals surface area (Å²) >= 11 is 6.30. The first-order valence-electron chi connectivity index (χ1n) is 5.87. The van der Waals surface area contributed by atoms with E-state index in [-0.39, 0.29) is 5.56 Å². The molecule has 2 aromatic carbocycles. The lowest BCUT2D eigenvalue weighted by Crippen LogP contribution is -2.01. The van der Waals surface area contributed by atoms with Gasteiger partial charge in [0.2, 0.25) is 0 Å². The van der Waals surface area contributed by atoms with E-state index < -0.39 is 17.0 Å². The van der Waals surface area contributed by atoms with E-state index in [1.807, 2.05) is 0 Å². The number of methoxy groups -OCH3 is 2. The van der Waals surface area contributed by atoms with Crippen LogP contribution in [0.4, 0.5) is 8.78 Å². The smallest absolute Gasteiger partial charge is 0.131 e. The molecule has 2 aromatic rings. The van der Waals surface area contributed by atoms with Crippen LogP contribution >= 0.6 is 11.6 Å². The summed E-state index contributed by atoms with van der Waals surface area (Å²) in [5.74, 6) is -0.258. The number of hydrogen-bond donors (Lipinski definition) is 0. The van der Waals surface area contributed by atoms with Gasteiger partial charge in [0.25, 0.3) is 0 Å². The number of benzene rings is 2. The first-order valence-corrected chi connectivity index (χ1v) is 6.31. The fourth-order valence-electron chi connectivity index (χ4n) is 1.91. The first kappa shape index (κ1) is 14.6. The highest BCUT2D eigenvalue weighted by atomic mass is 35.5. The van der Waals surface area contributed by atoms with Crippen molar-refractivity contribution in [3.05, 3.63) is 59.2 Å². The van der Waals surface area contributed by atoms with Crippen molar-refractivity contribution in [2.75, 3.05) is 14.2 Å². The van der Waals surface area contributed by atoms with Gasteiger partial charge in [-0.25, -0.2) is 8.78 Å². The Labute approximate surface area is 120 Å². The minimum absolute atomic E-state index is 0.180. The molecule has 2 rings (SSSR count). The van der Waals surface area contributed by atoms with Crippen molar-refractivity contribution in [1.82, 2.24) is 0 Å². The van der Waals surface area contributed by atoms with Gasteiger partial charge in [0, 0.05) is 17.2 Å². The summed E-state index contributed by atoms with van der Waals surface area (Å²) in [6.07, 6.45) is 0. The Morgan fingerprint density at radius 3 is 2.30 bits per heavy atom. The average molecular weight is 299 g/mol. The van der Waals surface area contributed by atoms with Crippen molar-refractivity contribution >= 4 is 11.6 Å². The minimum atomic E-state index is -0.805. The summed E-state index contributed by atoms with van der Waals surface area (Å²) in [6, 6.07) is 8.36. The normalized spacial score (nSPS) is 12.1. The van der Waals surface area contributed by atoms with Gasteiger partial charge in [-0.3, -0.25) is 0 Å². The standard InChI is InChI=1S/C15H13ClF2O2/c1-19-10-4-6-14(20-2)12(8-10)15(16)11-5-3-9(17)7-13(11)18/h3-8,15H,1-2H3. The van der Waals surface area contributed by atoms with Crippen molar-refractivity contribution < 1.29 is 18.3 Å². The van der Waals surface area contributed by atoms with Crippen molar-refractivity contribution in [1.29, 1.82) is 0 Å². The topological polar surface area (TPSA) is 18.5 Å². The number of hydrogen-bond acceptors (Lipinski definition) is 2. The minimum Gasteiger partial charge on any atom is -0.497 e. The third-order valence-electron chi connectivity index (χ3n) is 2.95. The molecule has 5 heteroatoms. The lowest BCUT2D eigenvalue weighted by Gasteiger charge is -2.16. The Morgan fingerprint density at radius 1 is 0.950 bits per heavy atom. The second-order valence-corrected chi connectivity index (χ2v) is 4.57. The van der Waals surface area contributed by atoms with Gasteiger partial charge >= 0.3 is 0 Å². The summed E-state index contributed by atoms with van der Waals surface area (Å²) in [5, 5.41) is -0.805. The summed E-state index contributed by atoms with van der Waals surface area (Å²) < 4.78 is 37.1. The molecule has 0 N–H and O–H groups in total. The van der Waals surface area contributed by atoms with E-state index >= 15 is 0 Å². The van der Waals surface area contributed by atoms with Crippen LogP contribution in [0, 0.1) is 11.6 Å². The third kappa shape index (κ3) is 2.85. The highest BCUT2D eigenvalue weighted by Crippen LogP contribution is 2.38. The Hall–Kier alpha value is -1.81. The monoisotopic (exact) mass is 298 g/mol. The molecule has 0 saturated carbocycles. The maximum Gasteiger partial charge on any atom is 0.131 e. The maximum absolute atomic E-state index is 13.8. The van der Waals surface area contributed by atoms with Crippen molar-refractivity contribution in [3.8, 4) is 11.5 Å². The second-order valence-electron chi connectivity index (χ2n) is 4.14. The van der Waals surface area contributed by atoms with Gasteiger partial charge in [0.05, 0.1) is 19.6 Å². The van der Waals surface area contributed by atoms with E-state index in [0.29, 0.717) is 17.1 Å². The Bertz CT molecular complexity index is 617. The van der Waals surface area contributed by atoms with Gasteiger partial charge < -0.3 is 9.47 Å². The first-order chi connectivity index (χ1) is 9.56. The van der Waals surface area contributed by atoms with Crippen LogP contribution < -0.4 is 9.47 Å². The molecule has 20 heavy (non-hydrogen) atoms. The predicted molar refractivity (Wildman–Crippen MR) is 73.6 cm³/mol. The van der Waals surface area contributed by atoms with Gasteiger partial charge in [-0.2, -0.15) is 0 Å². The van der Waals surface area contributed by atoms with Crippen LogP contribution in [0.2, 0.25) is 0 Å². The summed E-state index contributed by atoms with van der Waals surface area (Å²) in [6.45, 7) is 0. The summed E-state index contributed by atoms with van der Waals surface area (Å²) in [4.78, 5) is 0. The number of alkyl halides is 1. The summed E-state index contributed by atoms with van der Waals surface area (Å²) in [7, 11) is 3.02. The molecule has 106 valence electrons. The number of halogens is 3. The highest BCUT2D eigenvalue weighted by molar-refractivity contribution is 6.22. The molecule has 0 heterocycles. The van der Waals surface area contributed by atoms with Crippen LogP contribution in [0.3, 0.4) is 0 Å². The largest absolute Gasteiger partial charge is 0.497 e. The number of rotatable bonds is 4. The Kier molecular flexibility index (Phi) is 4.45. The van der Waals surface area contributed by atoms with Crippen molar-refractivity contribution in [2.45, 2.75) is 5.38 Å². The molecule has 1 atom stereocenters. The fraction of sp³-hybridized carbons (Fsp3) is 0.200. The van der Waals surface area contributed by atoms with E-state index in [4.69, 9.17) is 21.1 Å². The quantitative estimate of drug-likeness (QED) is 0.783. The molecule has 1 unspecified atom stereocenters. The van der Waals surface area contributed by atoms with Crippen molar-refractivity contribution in [2.24, 2.45) is 0 Å². The average Bonchev–Trinajstić information content (AvgIpc) is 2.46. The van der Waals surface area contributed by atoms with Crippen LogP contribution in [0.15, 0.2) is 36.4 Å². The van der Waals surface area contributed by atoms with E-state index in [0.717, 1.165) is 6.07 Å². The fourth-order valence-corrected chi connectivity index (χ4v) is 2.26. The molecule has 0 radical (unpaired) electrons. The van der Waals surface area contributed by atoms with E-state index in [9.17, 15) is 8.78 Å². The molecule has 0 aliphatic rings. The van der Waals surface area contributed by atoms with Gasteiger partial charge in [-0.15, -0.1) is 11.6 Å². The zero-order chi connectivity index (χ0) is 14.7. The van der Waals surface area contributed by atoms with Gasteiger partial charge in [0.15, 0.2) is 0 Å². The van der Waals surface area contributed by atoms with Gasteiger partial charge in [-0.05, 0) is 24.3 Å². The Balaban J connectivity index is 2.48. The van der Waals surface area contributed by atoms with E-state index in [2.05, 4.69) is 0 Å². The molecular formula is C15H13ClF2O2. The SMILES string of the molecule is COc1ccc(OC)c(C(Cl)c2ccc(F)cc2F)c1. The third-order valence-corrected chi connectivity index (χ3v) is 3.42. The molecule has 0 spiro atoms. The highest BCUT2D eigenvalue weighted by Gasteiger charge is 2.20. The molecule has 0 amide bonds.